The number of nitrogens with zero attached hydrogens (tertiary/aromatic N) is 3. The molecular weight excluding hydrogens is 316 g/mol. The zero-order chi connectivity index (χ0) is 16.4. The quantitative estimate of drug-likeness (QED) is 0.719. The first kappa shape index (κ1) is 14.6. The largest absolute Gasteiger partial charge is 0.319 e. The topological polar surface area (TPSA) is 110 Å². The maximum absolute atomic E-state index is 12.1. The van der Waals surface area contributed by atoms with Gasteiger partial charge in [0.25, 0.3) is 10.5 Å². The number of nitriles is 1. The Morgan fingerprint density at radius 3 is 2.61 bits per heavy atom. The lowest BCUT2D eigenvalue weighted by Crippen LogP contribution is -2.12. The van der Waals surface area contributed by atoms with E-state index in [0.717, 1.165) is 0 Å². The first-order chi connectivity index (χ1) is 11.1. The van der Waals surface area contributed by atoms with Crippen LogP contribution in [-0.2, 0) is 0 Å². The van der Waals surface area contributed by atoms with Gasteiger partial charge in [-0.2, -0.15) is 5.26 Å². The molecule has 0 aliphatic carbocycles. The van der Waals surface area contributed by atoms with Gasteiger partial charge in [-0.15, -0.1) is 11.3 Å². The van der Waals surface area contributed by atoms with Crippen LogP contribution < -0.4 is 5.56 Å². The van der Waals surface area contributed by atoms with E-state index in [1.807, 2.05) is 6.07 Å². The Balaban J connectivity index is 2.19. The molecule has 7 nitrogen and oxygen atoms in total. The second-order valence-electron chi connectivity index (χ2n) is 4.57. The van der Waals surface area contributed by atoms with E-state index in [1.165, 1.54) is 23.5 Å². The molecule has 0 bridgehead atoms. The van der Waals surface area contributed by atoms with Gasteiger partial charge in [-0.05, 0) is 23.8 Å². The van der Waals surface area contributed by atoms with E-state index in [0.29, 0.717) is 21.8 Å². The summed E-state index contributed by atoms with van der Waals surface area (Å²) in [7, 11) is 0. The zero-order valence-corrected chi connectivity index (χ0v) is 12.4. The van der Waals surface area contributed by atoms with E-state index in [1.54, 1.807) is 29.8 Å². The summed E-state index contributed by atoms with van der Waals surface area (Å²) < 4.78 is 0. The molecule has 0 radical (unpaired) electrons. The third-order valence-corrected chi connectivity index (χ3v) is 4.01. The summed E-state index contributed by atoms with van der Waals surface area (Å²) in [6.45, 7) is 0. The van der Waals surface area contributed by atoms with E-state index < -0.39 is 5.56 Å². The van der Waals surface area contributed by atoms with Gasteiger partial charge in [0.2, 0.25) is 0 Å². The number of benzene rings is 1. The SMILES string of the molecule is N#Cc1c(-c2ccc([N+](=O)O)cc2)cc(-c2nccs2)[nH]c1=O. The molecule has 0 spiro atoms. The number of nitrogens with one attached hydrogen (secondary N) is 1. The van der Waals surface area contributed by atoms with Crippen LogP contribution in [0.4, 0.5) is 5.69 Å². The van der Waals surface area contributed by atoms with Crippen molar-refractivity contribution in [2.75, 3.05) is 0 Å². The highest BCUT2D eigenvalue weighted by atomic mass is 32.1. The average Bonchev–Trinajstić information content (AvgIpc) is 3.08. The minimum atomic E-state index is -0.508. The molecule has 0 amide bonds. The Kier molecular flexibility index (Phi) is 3.70. The summed E-state index contributed by atoms with van der Waals surface area (Å²) in [5.41, 5.74) is 1.04. The maximum Gasteiger partial charge on any atom is 0.316 e. The van der Waals surface area contributed by atoms with Crippen molar-refractivity contribution in [2.45, 2.75) is 0 Å². The lowest BCUT2D eigenvalue weighted by molar-refractivity contribution is -0.729. The van der Waals surface area contributed by atoms with Crippen LogP contribution in [0.3, 0.4) is 0 Å². The van der Waals surface area contributed by atoms with Crippen LogP contribution in [0.1, 0.15) is 5.56 Å². The Morgan fingerprint density at radius 1 is 1.30 bits per heavy atom. The summed E-state index contributed by atoms with van der Waals surface area (Å²) in [5, 5.41) is 20.5. The van der Waals surface area contributed by atoms with E-state index in [2.05, 4.69) is 9.97 Å². The number of H-pyrrole nitrogens is 1. The van der Waals surface area contributed by atoms with E-state index >= 15 is 0 Å². The standard InChI is InChI=1S/C15H8N4O3S/c16-8-12-11(9-1-3-10(4-2-9)19(21)22)7-13(18-14(12)20)15-17-5-6-23-15/h1-7H,(H-,18,20,21,22)/p+1. The molecule has 0 saturated carbocycles. The van der Waals surface area contributed by atoms with Crippen LogP contribution in [-0.4, -0.2) is 20.1 Å². The number of pyridine rings is 1. The summed E-state index contributed by atoms with van der Waals surface area (Å²) in [5.74, 6) is 0. The Morgan fingerprint density at radius 2 is 2.04 bits per heavy atom. The van der Waals surface area contributed by atoms with Crippen molar-refractivity contribution in [3.05, 3.63) is 62.7 Å². The molecule has 3 aromatic rings. The molecule has 2 aromatic heterocycles. The Labute approximate surface area is 133 Å². The number of hydrogen-bond acceptors (Lipinski definition) is 5. The van der Waals surface area contributed by atoms with Crippen LogP contribution >= 0.6 is 11.3 Å². The highest BCUT2D eigenvalue weighted by molar-refractivity contribution is 7.13. The van der Waals surface area contributed by atoms with Gasteiger partial charge in [0, 0.05) is 29.3 Å². The third-order valence-electron chi connectivity index (χ3n) is 3.21. The number of thiazole rings is 1. The van der Waals surface area contributed by atoms with Crippen molar-refractivity contribution in [3.63, 3.8) is 0 Å². The van der Waals surface area contributed by atoms with Gasteiger partial charge in [0.1, 0.15) is 16.6 Å². The molecule has 0 fully saturated rings. The van der Waals surface area contributed by atoms with Crippen LogP contribution in [0.25, 0.3) is 21.8 Å². The van der Waals surface area contributed by atoms with Crippen LogP contribution in [0, 0.1) is 16.2 Å². The molecule has 8 heteroatoms. The lowest BCUT2D eigenvalue weighted by Gasteiger charge is -2.06. The van der Waals surface area contributed by atoms with Gasteiger partial charge in [-0.25, -0.2) is 10.2 Å². The predicted molar refractivity (Wildman–Crippen MR) is 83.4 cm³/mol. The van der Waals surface area contributed by atoms with Crippen molar-refractivity contribution < 1.29 is 10.1 Å². The predicted octanol–water partition coefficient (Wildman–Crippen LogP) is 2.84. The van der Waals surface area contributed by atoms with Gasteiger partial charge in [-0.3, -0.25) is 4.79 Å². The number of rotatable bonds is 3. The fourth-order valence-electron chi connectivity index (χ4n) is 2.14. The van der Waals surface area contributed by atoms with Gasteiger partial charge < -0.3 is 4.98 Å². The molecule has 112 valence electrons. The maximum atomic E-state index is 12.1. The number of aromatic nitrogens is 2. The van der Waals surface area contributed by atoms with Gasteiger partial charge in [0.05, 0.1) is 10.6 Å². The summed E-state index contributed by atoms with van der Waals surface area (Å²) in [6.07, 6.45) is 1.62. The highest BCUT2D eigenvalue weighted by Gasteiger charge is 2.16. The zero-order valence-electron chi connectivity index (χ0n) is 11.6. The first-order valence-corrected chi connectivity index (χ1v) is 7.32. The molecule has 23 heavy (non-hydrogen) atoms. The molecule has 2 N–H and O–H groups in total. The molecule has 3 rings (SSSR count). The number of aromatic amines is 1. The van der Waals surface area contributed by atoms with E-state index in [4.69, 9.17) is 5.21 Å². The minimum Gasteiger partial charge on any atom is -0.319 e. The van der Waals surface area contributed by atoms with Crippen molar-refractivity contribution >= 4 is 17.0 Å². The normalized spacial score (nSPS) is 10.2. The monoisotopic (exact) mass is 325 g/mol. The first-order valence-electron chi connectivity index (χ1n) is 6.44. The summed E-state index contributed by atoms with van der Waals surface area (Å²) in [4.78, 5) is 29.5. The molecule has 2 heterocycles. The van der Waals surface area contributed by atoms with Crippen molar-refractivity contribution in [1.82, 2.24) is 9.97 Å². The van der Waals surface area contributed by atoms with Crippen molar-refractivity contribution in [2.24, 2.45) is 0 Å². The molecule has 0 aliphatic rings. The molecule has 0 atom stereocenters. The fraction of sp³-hybridized carbons (Fsp3) is 0. The molecular formula is C15H9N4O3S+. The molecule has 0 aliphatic heterocycles. The minimum absolute atomic E-state index is 0.0268. The van der Waals surface area contributed by atoms with E-state index in [-0.39, 0.29) is 16.2 Å². The van der Waals surface area contributed by atoms with Crippen LogP contribution in [0.2, 0.25) is 0 Å². The summed E-state index contributed by atoms with van der Waals surface area (Å²) in [6, 6.07) is 9.46. The molecule has 1 aromatic carbocycles. The fourth-order valence-corrected chi connectivity index (χ4v) is 2.75. The molecule has 0 saturated heterocycles. The van der Waals surface area contributed by atoms with Crippen LogP contribution in [0.15, 0.2) is 46.7 Å². The van der Waals surface area contributed by atoms with Gasteiger partial charge >= 0.3 is 5.69 Å². The second-order valence-corrected chi connectivity index (χ2v) is 5.46. The van der Waals surface area contributed by atoms with Crippen LogP contribution in [0.5, 0.6) is 0 Å². The summed E-state index contributed by atoms with van der Waals surface area (Å²) >= 11 is 1.36. The molecule has 0 unspecified atom stereocenters. The van der Waals surface area contributed by atoms with E-state index in [9.17, 15) is 15.0 Å². The smallest absolute Gasteiger partial charge is 0.316 e. The van der Waals surface area contributed by atoms with Gasteiger partial charge in [0.15, 0.2) is 0 Å². The van der Waals surface area contributed by atoms with Crippen molar-refractivity contribution in [1.29, 1.82) is 5.26 Å². The highest BCUT2D eigenvalue weighted by Crippen LogP contribution is 2.28. The van der Waals surface area contributed by atoms with Gasteiger partial charge in [-0.1, -0.05) is 0 Å². The Hall–Kier alpha value is -3.31. The number of hydrogen-bond donors (Lipinski definition) is 2. The second kappa shape index (κ2) is 5.82. The lowest BCUT2D eigenvalue weighted by atomic mass is 10.0. The Bertz CT molecular complexity index is 969. The average molecular weight is 325 g/mol. The van der Waals surface area contributed by atoms with Crippen molar-refractivity contribution in [3.8, 4) is 27.9 Å². The third kappa shape index (κ3) is 2.73.